The predicted molar refractivity (Wildman–Crippen MR) is 108 cm³/mol. The second-order valence-corrected chi connectivity index (χ2v) is 7.25. The monoisotopic (exact) mass is 383 g/mol. The van der Waals surface area contributed by atoms with Gasteiger partial charge in [0.2, 0.25) is 5.91 Å². The van der Waals surface area contributed by atoms with Crippen LogP contribution in [0.5, 0.6) is 0 Å². The van der Waals surface area contributed by atoms with Gasteiger partial charge in [-0.05, 0) is 38.0 Å². The van der Waals surface area contributed by atoms with E-state index in [-0.39, 0.29) is 18.4 Å². The maximum absolute atomic E-state index is 12.5. The fourth-order valence-corrected chi connectivity index (χ4v) is 3.51. The molecule has 3 rings (SSSR count). The molecule has 0 bridgehead atoms. The lowest BCUT2D eigenvalue weighted by Gasteiger charge is -2.35. The van der Waals surface area contributed by atoms with E-state index in [9.17, 15) is 9.59 Å². The lowest BCUT2D eigenvalue weighted by molar-refractivity contribution is -0.131. The molecule has 7 nitrogen and oxygen atoms in total. The van der Waals surface area contributed by atoms with Crippen LogP contribution in [-0.4, -0.2) is 64.1 Å². The van der Waals surface area contributed by atoms with Crippen LogP contribution in [0, 0.1) is 13.8 Å². The SMILES string of the molecule is CCn1nc(C)cc1C(=O)NCC(=O)N1CCN(Cc2ccccc2C)CC1. The Morgan fingerprint density at radius 3 is 2.50 bits per heavy atom. The summed E-state index contributed by atoms with van der Waals surface area (Å²) in [6.45, 7) is 10.5. The molecule has 0 atom stereocenters. The van der Waals surface area contributed by atoms with Crippen molar-refractivity contribution in [2.24, 2.45) is 0 Å². The van der Waals surface area contributed by atoms with Crippen molar-refractivity contribution in [2.45, 2.75) is 33.9 Å². The number of hydrogen-bond acceptors (Lipinski definition) is 4. The highest BCUT2D eigenvalue weighted by Crippen LogP contribution is 2.12. The van der Waals surface area contributed by atoms with E-state index >= 15 is 0 Å². The number of piperazine rings is 1. The van der Waals surface area contributed by atoms with Crippen molar-refractivity contribution >= 4 is 11.8 Å². The summed E-state index contributed by atoms with van der Waals surface area (Å²) in [5.41, 5.74) is 3.92. The maximum Gasteiger partial charge on any atom is 0.269 e. The Labute approximate surface area is 166 Å². The number of rotatable bonds is 6. The number of nitrogens with zero attached hydrogens (tertiary/aromatic N) is 4. The summed E-state index contributed by atoms with van der Waals surface area (Å²) in [5, 5.41) is 7.01. The number of hydrogen-bond donors (Lipinski definition) is 1. The molecule has 1 aliphatic heterocycles. The topological polar surface area (TPSA) is 70.5 Å². The summed E-state index contributed by atoms with van der Waals surface area (Å²) in [4.78, 5) is 29.0. The van der Waals surface area contributed by atoms with Crippen LogP contribution in [0.15, 0.2) is 30.3 Å². The Bertz CT molecular complexity index is 837. The van der Waals surface area contributed by atoms with Crippen LogP contribution in [0.3, 0.4) is 0 Å². The summed E-state index contributed by atoms with van der Waals surface area (Å²) >= 11 is 0. The highest BCUT2D eigenvalue weighted by molar-refractivity contribution is 5.95. The van der Waals surface area contributed by atoms with Gasteiger partial charge in [-0.3, -0.25) is 19.2 Å². The molecule has 1 aromatic heterocycles. The van der Waals surface area contributed by atoms with E-state index in [1.807, 2.05) is 18.7 Å². The van der Waals surface area contributed by atoms with Crippen molar-refractivity contribution in [1.82, 2.24) is 24.9 Å². The molecule has 7 heteroatoms. The fraction of sp³-hybridized carbons (Fsp3) is 0.476. The minimum Gasteiger partial charge on any atom is -0.342 e. The third-order valence-electron chi connectivity index (χ3n) is 5.21. The number of nitrogens with one attached hydrogen (secondary N) is 1. The second-order valence-electron chi connectivity index (χ2n) is 7.25. The molecule has 0 spiro atoms. The third kappa shape index (κ3) is 4.78. The van der Waals surface area contributed by atoms with Crippen molar-refractivity contribution in [3.05, 3.63) is 52.8 Å². The van der Waals surface area contributed by atoms with Gasteiger partial charge < -0.3 is 10.2 Å². The van der Waals surface area contributed by atoms with Crippen molar-refractivity contribution in [2.75, 3.05) is 32.7 Å². The van der Waals surface area contributed by atoms with E-state index in [1.165, 1.54) is 11.1 Å². The van der Waals surface area contributed by atoms with E-state index < -0.39 is 0 Å². The van der Waals surface area contributed by atoms with Gasteiger partial charge in [0.1, 0.15) is 5.69 Å². The zero-order valence-electron chi connectivity index (χ0n) is 16.9. The number of aryl methyl sites for hydroxylation is 3. The molecule has 1 N–H and O–H groups in total. The van der Waals surface area contributed by atoms with Crippen LogP contribution in [-0.2, 0) is 17.9 Å². The first-order chi connectivity index (χ1) is 13.5. The zero-order chi connectivity index (χ0) is 20.1. The van der Waals surface area contributed by atoms with Gasteiger partial charge in [0.25, 0.3) is 5.91 Å². The highest BCUT2D eigenvalue weighted by Gasteiger charge is 2.22. The van der Waals surface area contributed by atoms with Crippen LogP contribution in [0.1, 0.15) is 34.2 Å². The number of benzene rings is 1. The standard InChI is InChI=1S/C21H29N5O2/c1-4-26-19(13-17(3)23-26)21(28)22-14-20(27)25-11-9-24(10-12-25)15-18-8-6-5-7-16(18)2/h5-8,13H,4,9-12,14-15H2,1-3H3,(H,22,28). The first-order valence-corrected chi connectivity index (χ1v) is 9.85. The van der Waals surface area contributed by atoms with Crippen LogP contribution in [0.2, 0.25) is 0 Å². The third-order valence-corrected chi connectivity index (χ3v) is 5.21. The normalized spacial score (nSPS) is 14.9. The van der Waals surface area contributed by atoms with Crippen molar-refractivity contribution in [3.8, 4) is 0 Å². The summed E-state index contributed by atoms with van der Waals surface area (Å²) in [5.74, 6) is -0.294. The quantitative estimate of drug-likeness (QED) is 0.823. The minimum atomic E-state index is -0.256. The average Bonchev–Trinajstić information content (AvgIpc) is 3.09. The summed E-state index contributed by atoms with van der Waals surface area (Å²) in [6, 6.07) is 10.2. The van der Waals surface area contributed by atoms with Crippen molar-refractivity contribution < 1.29 is 9.59 Å². The van der Waals surface area contributed by atoms with Crippen molar-refractivity contribution in [3.63, 3.8) is 0 Å². The Morgan fingerprint density at radius 2 is 1.82 bits per heavy atom. The van der Waals surface area contributed by atoms with Gasteiger partial charge in [-0.2, -0.15) is 5.10 Å². The molecule has 150 valence electrons. The van der Waals surface area contributed by atoms with E-state index in [4.69, 9.17) is 0 Å². The van der Waals surface area contributed by atoms with E-state index in [1.54, 1.807) is 10.7 Å². The molecule has 1 saturated heterocycles. The lowest BCUT2D eigenvalue weighted by Crippen LogP contribution is -2.51. The van der Waals surface area contributed by atoms with Crippen LogP contribution >= 0.6 is 0 Å². The average molecular weight is 383 g/mol. The zero-order valence-corrected chi connectivity index (χ0v) is 16.9. The molecule has 2 aromatic rings. The molecule has 1 fully saturated rings. The molecule has 0 radical (unpaired) electrons. The molecule has 28 heavy (non-hydrogen) atoms. The number of aromatic nitrogens is 2. The molecule has 0 aliphatic carbocycles. The van der Waals surface area contributed by atoms with Gasteiger partial charge in [-0.15, -0.1) is 0 Å². The van der Waals surface area contributed by atoms with Crippen molar-refractivity contribution in [1.29, 1.82) is 0 Å². The van der Waals surface area contributed by atoms with Crippen LogP contribution in [0.4, 0.5) is 0 Å². The Morgan fingerprint density at radius 1 is 1.11 bits per heavy atom. The van der Waals surface area contributed by atoms with Gasteiger partial charge in [-0.25, -0.2) is 0 Å². The molecule has 2 amide bonds. The fourth-order valence-electron chi connectivity index (χ4n) is 3.51. The maximum atomic E-state index is 12.5. The highest BCUT2D eigenvalue weighted by atomic mass is 16.2. The Hall–Kier alpha value is -2.67. The molecule has 1 aromatic carbocycles. The van der Waals surface area contributed by atoms with Gasteiger partial charge >= 0.3 is 0 Å². The van der Waals surface area contributed by atoms with Gasteiger partial charge in [0.15, 0.2) is 0 Å². The summed E-state index contributed by atoms with van der Waals surface area (Å²) in [7, 11) is 0. The molecule has 0 unspecified atom stereocenters. The molecular weight excluding hydrogens is 354 g/mol. The first-order valence-electron chi connectivity index (χ1n) is 9.85. The molecule has 2 heterocycles. The summed E-state index contributed by atoms with van der Waals surface area (Å²) in [6.07, 6.45) is 0. The predicted octanol–water partition coefficient (Wildman–Crippen LogP) is 1.59. The van der Waals surface area contributed by atoms with Gasteiger partial charge in [-0.1, -0.05) is 24.3 Å². The van der Waals surface area contributed by atoms with E-state index in [0.29, 0.717) is 25.3 Å². The first kappa shape index (κ1) is 20.1. The molecule has 0 saturated carbocycles. The van der Waals surface area contributed by atoms with E-state index in [0.717, 1.165) is 25.3 Å². The number of amides is 2. The van der Waals surface area contributed by atoms with Gasteiger partial charge in [0.05, 0.1) is 12.2 Å². The lowest BCUT2D eigenvalue weighted by atomic mass is 10.1. The largest absolute Gasteiger partial charge is 0.342 e. The number of carbonyl (C=O) groups is 2. The van der Waals surface area contributed by atoms with Crippen LogP contribution < -0.4 is 5.32 Å². The Kier molecular flexibility index (Phi) is 6.46. The second kappa shape index (κ2) is 9.01. The molecular formula is C21H29N5O2. The van der Waals surface area contributed by atoms with Gasteiger partial charge in [0, 0.05) is 39.3 Å². The smallest absolute Gasteiger partial charge is 0.269 e. The summed E-state index contributed by atoms with van der Waals surface area (Å²) < 4.78 is 1.65. The Balaban J connectivity index is 1.46. The molecule has 1 aliphatic rings. The van der Waals surface area contributed by atoms with Crippen LogP contribution in [0.25, 0.3) is 0 Å². The minimum absolute atomic E-state index is 0.0184. The van der Waals surface area contributed by atoms with E-state index in [2.05, 4.69) is 46.5 Å². The number of carbonyl (C=O) groups excluding carboxylic acids is 2.